The Morgan fingerprint density at radius 2 is 2.17 bits per heavy atom. The number of thioether (sulfide) groups is 1. The molecule has 2 N–H and O–H groups in total. The lowest BCUT2D eigenvalue weighted by atomic mass is 10.2. The van der Waals surface area contributed by atoms with Gasteiger partial charge >= 0.3 is 0 Å². The molecule has 0 aliphatic rings. The highest BCUT2D eigenvalue weighted by molar-refractivity contribution is 7.99. The molecular weight excluding hydrogens is 248 g/mol. The molecule has 1 unspecified atom stereocenters. The summed E-state index contributed by atoms with van der Waals surface area (Å²) in [6, 6.07) is 8.76. The number of carbonyl (C=O) groups is 1. The minimum absolute atomic E-state index is 0.0742. The average Bonchev–Trinajstić information content (AvgIpc) is 2.39. The molecule has 0 aliphatic heterocycles. The quantitative estimate of drug-likeness (QED) is 0.822. The summed E-state index contributed by atoms with van der Waals surface area (Å²) < 4.78 is 0. The molecule has 1 aromatic carbocycles. The predicted molar refractivity (Wildman–Crippen MR) is 73.4 cm³/mol. The smallest absolute Gasteiger partial charge is 0.234 e. The molecule has 4 nitrogen and oxygen atoms in total. The Hall–Kier alpha value is -1.51. The molecule has 0 saturated carbocycles. The van der Waals surface area contributed by atoms with Crippen molar-refractivity contribution in [1.82, 2.24) is 0 Å². The van der Waals surface area contributed by atoms with E-state index in [2.05, 4.69) is 5.32 Å². The van der Waals surface area contributed by atoms with Crippen molar-refractivity contribution < 1.29 is 9.90 Å². The van der Waals surface area contributed by atoms with Crippen LogP contribution in [-0.4, -0.2) is 29.1 Å². The van der Waals surface area contributed by atoms with E-state index in [-0.39, 0.29) is 18.4 Å². The number of carbonyl (C=O) groups excluding carboxylic acids is 1. The summed E-state index contributed by atoms with van der Waals surface area (Å²) in [6.45, 7) is 2.08. The van der Waals surface area contributed by atoms with Gasteiger partial charge in [-0.1, -0.05) is 6.92 Å². The molecule has 0 saturated heterocycles. The number of hydrogen-bond acceptors (Lipinski definition) is 4. The number of nitriles is 1. The standard InChI is InChI=1S/C13H16N2O2S/c1-10(7-16)8-18-9-13(17)15-12-4-2-11(6-14)3-5-12/h2-5,10,16H,7-9H2,1H3,(H,15,17). The Balaban J connectivity index is 2.33. The zero-order chi connectivity index (χ0) is 13.4. The van der Waals surface area contributed by atoms with E-state index in [4.69, 9.17) is 10.4 Å². The normalized spacial score (nSPS) is 11.6. The van der Waals surface area contributed by atoms with Crippen molar-refractivity contribution in [3.05, 3.63) is 29.8 Å². The van der Waals surface area contributed by atoms with E-state index in [1.54, 1.807) is 24.3 Å². The average molecular weight is 264 g/mol. The van der Waals surface area contributed by atoms with Crippen LogP contribution in [0.15, 0.2) is 24.3 Å². The van der Waals surface area contributed by atoms with E-state index in [0.717, 1.165) is 5.75 Å². The fourth-order valence-corrected chi connectivity index (χ4v) is 2.11. The molecule has 0 aromatic heterocycles. The van der Waals surface area contributed by atoms with Crippen molar-refractivity contribution in [2.75, 3.05) is 23.4 Å². The van der Waals surface area contributed by atoms with Gasteiger partial charge in [-0.05, 0) is 35.9 Å². The number of nitrogens with zero attached hydrogens (tertiary/aromatic N) is 1. The van der Waals surface area contributed by atoms with Crippen LogP contribution >= 0.6 is 11.8 Å². The number of aliphatic hydroxyl groups is 1. The van der Waals surface area contributed by atoms with E-state index < -0.39 is 0 Å². The fourth-order valence-electron chi connectivity index (χ4n) is 1.23. The van der Waals surface area contributed by atoms with Gasteiger partial charge in [-0.15, -0.1) is 0 Å². The summed E-state index contributed by atoms with van der Waals surface area (Å²) in [4.78, 5) is 11.6. The number of anilines is 1. The van der Waals surface area contributed by atoms with Crippen molar-refractivity contribution in [1.29, 1.82) is 5.26 Å². The lowest BCUT2D eigenvalue weighted by molar-refractivity contribution is -0.113. The van der Waals surface area contributed by atoms with Crippen LogP contribution in [0.5, 0.6) is 0 Å². The maximum Gasteiger partial charge on any atom is 0.234 e. The largest absolute Gasteiger partial charge is 0.396 e. The number of nitrogens with one attached hydrogen (secondary N) is 1. The summed E-state index contributed by atoms with van der Waals surface area (Å²) in [6.07, 6.45) is 0. The maximum absolute atomic E-state index is 11.6. The van der Waals surface area contributed by atoms with Crippen molar-refractivity contribution >= 4 is 23.4 Å². The molecule has 0 radical (unpaired) electrons. The van der Waals surface area contributed by atoms with Crippen LogP contribution in [-0.2, 0) is 4.79 Å². The first-order valence-electron chi connectivity index (χ1n) is 5.64. The van der Waals surface area contributed by atoms with Crippen molar-refractivity contribution in [3.63, 3.8) is 0 Å². The summed E-state index contributed by atoms with van der Waals surface area (Å²) in [7, 11) is 0. The zero-order valence-electron chi connectivity index (χ0n) is 10.2. The number of aliphatic hydroxyl groups excluding tert-OH is 1. The Labute approximate surface area is 111 Å². The van der Waals surface area contributed by atoms with Gasteiger partial charge in [-0.25, -0.2) is 0 Å². The SMILES string of the molecule is CC(CO)CSCC(=O)Nc1ccc(C#N)cc1. The van der Waals surface area contributed by atoms with Crippen LogP contribution < -0.4 is 5.32 Å². The predicted octanol–water partition coefficient (Wildman–Crippen LogP) is 1.86. The highest BCUT2D eigenvalue weighted by atomic mass is 32.2. The van der Waals surface area contributed by atoms with E-state index in [9.17, 15) is 4.79 Å². The topological polar surface area (TPSA) is 73.1 Å². The second-order valence-electron chi connectivity index (χ2n) is 4.04. The Kier molecular flexibility index (Phi) is 6.26. The second-order valence-corrected chi connectivity index (χ2v) is 5.07. The first-order valence-corrected chi connectivity index (χ1v) is 6.79. The molecule has 0 aliphatic carbocycles. The number of benzene rings is 1. The van der Waals surface area contributed by atoms with Crippen LogP contribution in [0, 0.1) is 17.2 Å². The highest BCUT2D eigenvalue weighted by Gasteiger charge is 2.05. The van der Waals surface area contributed by atoms with Crippen LogP contribution in [0.25, 0.3) is 0 Å². The Morgan fingerprint density at radius 3 is 2.72 bits per heavy atom. The molecule has 96 valence electrons. The zero-order valence-corrected chi connectivity index (χ0v) is 11.0. The van der Waals surface area contributed by atoms with Crippen LogP contribution in [0.2, 0.25) is 0 Å². The molecule has 18 heavy (non-hydrogen) atoms. The summed E-state index contributed by atoms with van der Waals surface area (Å²) >= 11 is 1.50. The third-order valence-electron chi connectivity index (χ3n) is 2.24. The van der Waals surface area contributed by atoms with E-state index >= 15 is 0 Å². The van der Waals surface area contributed by atoms with Gasteiger partial charge in [0.05, 0.1) is 17.4 Å². The minimum atomic E-state index is -0.0742. The third kappa shape index (κ3) is 5.21. The van der Waals surface area contributed by atoms with Gasteiger partial charge in [0.2, 0.25) is 5.91 Å². The van der Waals surface area contributed by atoms with Gasteiger partial charge < -0.3 is 10.4 Å². The van der Waals surface area contributed by atoms with Gasteiger partial charge in [0.15, 0.2) is 0 Å². The van der Waals surface area contributed by atoms with E-state index in [1.165, 1.54) is 11.8 Å². The molecule has 0 fully saturated rings. The summed E-state index contributed by atoms with van der Waals surface area (Å²) in [5.41, 5.74) is 1.26. The first kappa shape index (κ1) is 14.6. The van der Waals surface area contributed by atoms with Crippen LogP contribution in [0.3, 0.4) is 0 Å². The van der Waals surface area contributed by atoms with Gasteiger partial charge in [0.1, 0.15) is 0 Å². The van der Waals surface area contributed by atoms with Crippen molar-refractivity contribution in [3.8, 4) is 6.07 Å². The van der Waals surface area contributed by atoms with Crippen molar-refractivity contribution in [2.45, 2.75) is 6.92 Å². The molecule has 1 atom stereocenters. The Bertz CT molecular complexity index is 426. The van der Waals surface area contributed by atoms with E-state index in [1.807, 2.05) is 13.0 Å². The third-order valence-corrected chi connectivity index (χ3v) is 3.52. The van der Waals surface area contributed by atoms with Crippen LogP contribution in [0.4, 0.5) is 5.69 Å². The van der Waals surface area contributed by atoms with Crippen molar-refractivity contribution in [2.24, 2.45) is 5.92 Å². The molecule has 0 heterocycles. The number of hydrogen-bond donors (Lipinski definition) is 2. The molecule has 5 heteroatoms. The van der Waals surface area contributed by atoms with Gasteiger partial charge in [-0.2, -0.15) is 17.0 Å². The highest BCUT2D eigenvalue weighted by Crippen LogP contribution is 2.11. The summed E-state index contributed by atoms with van der Waals surface area (Å²) in [5, 5.41) is 20.2. The minimum Gasteiger partial charge on any atom is -0.396 e. The molecule has 1 amide bonds. The van der Waals surface area contributed by atoms with Gasteiger partial charge in [0, 0.05) is 12.3 Å². The lowest BCUT2D eigenvalue weighted by Crippen LogP contribution is -2.15. The fraction of sp³-hybridized carbons (Fsp3) is 0.385. The monoisotopic (exact) mass is 264 g/mol. The second kappa shape index (κ2) is 7.75. The first-order chi connectivity index (χ1) is 8.65. The molecule has 1 aromatic rings. The summed E-state index contributed by atoms with van der Waals surface area (Å²) in [5.74, 6) is 1.26. The Morgan fingerprint density at radius 1 is 1.50 bits per heavy atom. The molecule has 1 rings (SSSR count). The van der Waals surface area contributed by atoms with Crippen LogP contribution in [0.1, 0.15) is 12.5 Å². The van der Waals surface area contributed by atoms with E-state index in [0.29, 0.717) is 17.0 Å². The number of rotatable bonds is 6. The molecule has 0 spiro atoms. The van der Waals surface area contributed by atoms with Gasteiger partial charge in [-0.3, -0.25) is 4.79 Å². The maximum atomic E-state index is 11.6. The van der Waals surface area contributed by atoms with Gasteiger partial charge in [0.25, 0.3) is 0 Å². The lowest BCUT2D eigenvalue weighted by Gasteiger charge is -2.07. The molecular formula is C13H16N2O2S. The number of amides is 1. The molecule has 0 bridgehead atoms.